The zero-order valence-electron chi connectivity index (χ0n) is 17.2. The predicted octanol–water partition coefficient (Wildman–Crippen LogP) is 4.87. The average molecular weight is 532 g/mol. The molecule has 0 bridgehead atoms. The summed E-state index contributed by atoms with van der Waals surface area (Å²) in [5.41, 5.74) is 4.37. The first kappa shape index (κ1) is 22.6. The third kappa shape index (κ3) is 4.82. The monoisotopic (exact) mass is 532 g/mol. The Morgan fingerprint density at radius 3 is 2.76 bits per heavy atom. The Balaban J connectivity index is 1.79. The number of hydrogen-bond acceptors (Lipinski definition) is 5. The highest BCUT2D eigenvalue weighted by Crippen LogP contribution is 2.40. The first-order chi connectivity index (χ1) is 13.8. The number of phenols is 1. The second kappa shape index (κ2) is 9.39. The summed E-state index contributed by atoms with van der Waals surface area (Å²) in [7, 11) is -1.53. The van der Waals surface area contributed by atoms with Crippen molar-refractivity contribution in [2.75, 3.05) is 19.5 Å². The summed E-state index contributed by atoms with van der Waals surface area (Å²) in [6.07, 6.45) is 6.47. The van der Waals surface area contributed by atoms with E-state index in [2.05, 4.69) is 35.6 Å². The van der Waals surface area contributed by atoms with Gasteiger partial charge in [-0.05, 0) is 71.5 Å². The van der Waals surface area contributed by atoms with Crippen molar-refractivity contribution in [3.05, 3.63) is 38.0 Å². The molecule has 1 saturated heterocycles. The first-order valence-corrected chi connectivity index (χ1v) is 12.9. The molecule has 1 fully saturated rings. The van der Waals surface area contributed by atoms with E-state index in [1.807, 2.05) is 19.1 Å². The van der Waals surface area contributed by atoms with Crippen molar-refractivity contribution < 1.29 is 23.0 Å². The zero-order chi connectivity index (χ0) is 21.2. The maximum Gasteiger partial charge on any atom is 0.171 e. The van der Waals surface area contributed by atoms with Gasteiger partial charge in [0.1, 0.15) is 5.25 Å². The number of ether oxygens (including phenoxy) is 2. The van der Waals surface area contributed by atoms with Gasteiger partial charge in [-0.1, -0.05) is 37.5 Å². The van der Waals surface area contributed by atoms with Gasteiger partial charge < -0.3 is 14.6 Å². The number of phenolic OH excluding ortho intramolecular Hbond substituents is 1. The molecule has 1 aromatic rings. The highest BCUT2D eigenvalue weighted by molar-refractivity contribution is 14.1. The second-order valence-corrected chi connectivity index (χ2v) is 11.0. The predicted molar refractivity (Wildman–Crippen MR) is 124 cm³/mol. The summed E-state index contributed by atoms with van der Waals surface area (Å²) in [4.78, 5) is 0. The topological polar surface area (TPSA) is 72.8 Å². The number of sulfone groups is 1. The third-order valence-corrected chi connectivity index (χ3v) is 8.56. The number of benzene rings is 1. The Labute approximate surface area is 187 Å². The second-order valence-electron chi connectivity index (χ2n) is 7.68. The molecule has 2 atom stereocenters. The molecule has 3 rings (SSSR count). The van der Waals surface area contributed by atoms with Crippen LogP contribution in [-0.4, -0.2) is 44.3 Å². The molecule has 0 spiro atoms. The molecule has 0 radical (unpaired) electrons. The quantitative estimate of drug-likeness (QED) is 0.382. The average Bonchev–Trinajstić information content (AvgIpc) is 3.22. The zero-order valence-corrected chi connectivity index (χ0v) is 20.2. The Hall–Kier alpha value is -1.06. The molecule has 5 nitrogen and oxygen atoms in total. The lowest BCUT2D eigenvalue weighted by Crippen LogP contribution is -2.19. The molecular weight excluding hydrogens is 503 g/mol. The summed E-state index contributed by atoms with van der Waals surface area (Å²) in [6.45, 7) is 4.47. The van der Waals surface area contributed by atoms with Crippen LogP contribution < -0.4 is 4.74 Å². The van der Waals surface area contributed by atoms with Gasteiger partial charge >= 0.3 is 0 Å². The van der Waals surface area contributed by atoms with E-state index in [0.717, 1.165) is 52.4 Å². The third-order valence-electron chi connectivity index (χ3n) is 5.73. The number of allylic oxidation sites excluding steroid dienone is 1. The molecule has 0 unspecified atom stereocenters. The molecule has 2 heterocycles. The van der Waals surface area contributed by atoms with Crippen LogP contribution in [0, 0.1) is 3.57 Å². The van der Waals surface area contributed by atoms with Crippen molar-refractivity contribution in [1.29, 1.82) is 0 Å². The molecule has 160 valence electrons. The first-order valence-electron chi connectivity index (χ1n) is 10.1. The van der Waals surface area contributed by atoms with Crippen molar-refractivity contribution in [1.82, 2.24) is 0 Å². The van der Waals surface area contributed by atoms with E-state index in [9.17, 15) is 13.5 Å². The van der Waals surface area contributed by atoms with Gasteiger partial charge in [0, 0.05) is 0 Å². The summed E-state index contributed by atoms with van der Waals surface area (Å²) in [5, 5.41) is 9.63. The molecule has 2 aliphatic rings. The number of fused-ring (bicyclic) bond motifs is 1. The normalized spacial score (nSPS) is 23.5. The van der Waals surface area contributed by atoms with E-state index < -0.39 is 15.1 Å². The highest BCUT2D eigenvalue weighted by Gasteiger charge is 2.46. The molecule has 0 saturated carbocycles. The van der Waals surface area contributed by atoms with Crippen LogP contribution in [0.1, 0.15) is 51.5 Å². The fraction of sp³-hybridized carbons (Fsp3) is 0.545. The minimum atomic E-state index is -3.08. The van der Waals surface area contributed by atoms with Gasteiger partial charge in [0.2, 0.25) is 0 Å². The number of halogens is 1. The number of aromatic hydroxyl groups is 1. The van der Waals surface area contributed by atoms with E-state index in [4.69, 9.17) is 9.47 Å². The number of rotatable bonds is 8. The molecule has 2 aliphatic heterocycles. The number of hydrogen-bond donors (Lipinski definition) is 1. The molecule has 29 heavy (non-hydrogen) atoms. The molecule has 0 aromatic heterocycles. The maximum absolute atomic E-state index is 12.4. The lowest BCUT2D eigenvalue weighted by molar-refractivity contribution is 0.117. The van der Waals surface area contributed by atoms with E-state index in [0.29, 0.717) is 12.4 Å². The van der Waals surface area contributed by atoms with Gasteiger partial charge in [0.15, 0.2) is 21.3 Å². The summed E-state index contributed by atoms with van der Waals surface area (Å²) >= 11 is 2.10. The van der Waals surface area contributed by atoms with Gasteiger partial charge in [-0.25, -0.2) is 8.42 Å². The lowest BCUT2D eigenvalue weighted by Gasteiger charge is -2.15. The smallest absolute Gasteiger partial charge is 0.171 e. The molecule has 0 aliphatic carbocycles. The van der Waals surface area contributed by atoms with Crippen LogP contribution in [-0.2, 0) is 14.6 Å². The summed E-state index contributed by atoms with van der Waals surface area (Å²) in [6, 6.07) is 3.79. The fourth-order valence-corrected chi connectivity index (χ4v) is 6.96. The Bertz CT molecular complexity index is 933. The van der Waals surface area contributed by atoms with Crippen LogP contribution in [0.2, 0.25) is 0 Å². The van der Waals surface area contributed by atoms with Crippen molar-refractivity contribution in [2.45, 2.75) is 57.3 Å². The van der Waals surface area contributed by atoms with Crippen LogP contribution in [0.25, 0.3) is 6.08 Å². The van der Waals surface area contributed by atoms with Crippen LogP contribution in [0.5, 0.6) is 11.5 Å². The Kier molecular flexibility index (Phi) is 7.32. The minimum Gasteiger partial charge on any atom is -0.504 e. The van der Waals surface area contributed by atoms with Crippen molar-refractivity contribution in [3.63, 3.8) is 0 Å². The summed E-state index contributed by atoms with van der Waals surface area (Å²) in [5.74, 6) is 0.830. The van der Waals surface area contributed by atoms with Gasteiger partial charge in [-0.15, -0.1) is 0 Å². The lowest BCUT2D eigenvalue weighted by atomic mass is 9.94. The van der Waals surface area contributed by atoms with E-state index >= 15 is 0 Å². The largest absolute Gasteiger partial charge is 0.504 e. The van der Waals surface area contributed by atoms with Gasteiger partial charge in [-0.2, -0.15) is 0 Å². The molecule has 1 N–H and O–H groups in total. The molecular formula is C22H29IO5S. The van der Waals surface area contributed by atoms with Gasteiger partial charge in [0.05, 0.1) is 29.1 Å². The van der Waals surface area contributed by atoms with Crippen molar-refractivity contribution in [2.24, 2.45) is 0 Å². The van der Waals surface area contributed by atoms with E-state index in [-0.39, 0.29) is 17.6 Å². The van der Waals surface area contributed by atoms with Crippen LogP contribution in [0.15, 0.2) is 28.9 Å². The van der Waals surface area contributed by atoms with E-state index in [1.54, 1.807) is 7.11 Å². The molecule has 1 aromatic carbocycles. The Morgan fingerprint density at radius 1 is 1.34 bits per heavy atom. The van der Waals surface area contributed by atoms with Crippen molar-refractivity contribution >= 4 is 38.5 Å². The molecule has 7 heteroatoms. The maximum atomic E-state index is 12.4. The molecule has 0 amide bonds. The Morgan fingerprint density at radius 2 is 2.10 bits per heavy atom. The highest BCUT2D eigenvalue weighted by atomic mass is 127. The fourth-order valence-electron chi connectivity index (χ4n) is 4.29. The van der Waals surface area contributed by atoms with Crippen LogP contribution in [0.4, 0.5) is 0 Å². The summed E-state index contributed by atoms with van der Waals surface area (Å²) < 4.78 is 36.7. The minimum absolute atomic E-state index is 0.0954. The van der Waals surface area contributed by atoms with Gasteiger partial charge in [0.25, 0.3) is 0 Å². The standard InChI is InChI=1S/C22H29IO5S/c1-4-6-14(9-15-10-17(23)22(24)19(11-15)27-3)7-8-18-21-16(5-2)13-29(25,26)20(21)12-28-18/h9-11,18,20,24H,4-8,12-13H2,1-3H3/b14-9+/t18-,20+/m1/s1. The van der Waals surface area contributed by atoms with Crippen LogP contribution >= 0.6 is 22.6 Å². The number of methoxy groups -OCH3 is 1. The SMILES string of the molecule is CCC/C(=C\c1cc(I)c(O)c(OC)c1)CC[C@H]1OC[C@H]2C1=C(CC)CS2(=O)=O. The van der Waals surface area contributed by atoms with Gasteiger partial charge in [-0.3, -0.25) is 0 Å². The van der Waals surface area contributed by atoms with E-state index in [1.165, 1.54) is 5.57 Å². The van der Waals surface area contributed by atoms with Crippen LogP contribution in [0.3, 0.4) is 0 Å². The van der Waals surface area contributed by atoms with Crippen molar-refractivity contribution in [3.8, 4) is 11.5 Å².